The van der Waals surface area contributed by atoms with Crippen LogP contribution in [0.4, 0.5) is 0 Å². The Labute approximate surface area is 85.2 Å². The second kappa shape index (κ2) is 4.39. The molecule has 0 aromatic rings. The largest absolute Gasteiger partial charge is 0.464 e. The zero-order valence-electron chi connectivity index (χ0n) is 7.76. The molecule has 0 aromatic carbocycles. The number of carbonyl (C=O) groups is 1. The van der Waals surface area contributed by atoms with Gasteiger partial charge in [0.05, 0.1) is 23.2 Å². The summed E-state index contributed by atoms with van der Waals surface area (Å²) in [7, 11) is -5.21. The average molecular weight is 240 g/mol. The van der Waals surface area contributed by atoms with Crippen LogP contribution in [0.5, 0.6) is 0 Å². The number of hydrogen-bond donors (Lipinski definition) is 0. The Hall–Kier alpha value is -0.430. The van der Waals surface area contributed by atoms with Crippen LogP contribution in [0.1, 0.15) is 13.3 Å². The molecule has 0 saturated carbocycles. The van der Waals surface area contributed by atoms with Gasteiger partial charge in [-0.3, -0.25) is 4.21 Å². The molecule has 82 valence electrons. The SMILES string of the molecule is CCOC(=O)C1[S@](=O)CCCS1(=O)=O. The van der Waals surface area contributed by atoms with E-state index in [0.717, 1.165) is 0 Å². The first kappa shape index (κ1) is 11.6. The van der Waals surface area contributed by atoms with Gasteiger partial charge >= 0.3 is 5.97 Å². The fourth-order valence-electron chi connectivity index (χ4n) is 1.24. The molecule has 1 unspecified atom stereocenters. The van der Waals surface area contributed by atoms with Gasteiger partial charge in [-0.05, 0) is 13.3 Å². The molecule has 2 atom stereocenters. The fourth-order valence-corrected chi connectivity index (χ4v) is 5.36. The standard InChI is InChI=1S/C7H12O5S2/c1-2-12-6(8)7-13(9)4-3-5-14(7,10)11/h7H,2-5H2,1H3/t7?,13-/m1/s1. The van der Waals surface area contributed by atoms with Crippen molar-refractivity contribution in [3.05, 3.63) is 0 Å². The molecule has 0 bridgehead atoms. The first-order valence-corrected chi connectivity index (χ1v) is 7.34. The summed E-state index contributed by atoms with van der Waals surface area (Å²) in [6, 6.07) is 0. The number of sulfone groups is 1. The highest BCUT2D eigenvalue weighted by Gasteiger charge is 2.41. The molecule has 1 saturated heterocycles. The minimum Gasteiger partial charge on any atom is -0.464 e. The maximum Gasteiger partial charge on any atom is 0.337 e. The summed E-state index contributed by atoms with van der Waals surface area (Å²) in [6.07, 6.45) is 0.352. The van der Waals surface area contributed by atoms with Gasteiger partial charge in [-0.25, -0.2) is 13.2 Å². The van der Waals surface area contributed by atoms with Gasteiger partial charge in [0, 0.05) is 5.75 Å². The van der Waals surface area contributed by atoms with Crippen LogP contribution < -0.4 is 0 Å². The van der Waals surface area contributed by atoms with Crippen LogP contribution in [0.2, 0.25) is 0 Å². The summed E-state index contributed by atoms with van der Waals surface area (Å²) < 4.78 is 37.3. The summed E-state index contributed by atoms with van der Waals surface area (Å²) in [4.78, 5) is 11.2. The third-order valence-corrected chi connectivity index (χ3v) is 6.41. The second-order valence-corrected chi connectivity index (χ2v) is 7.03. The maximum atomic E-state index is 11.4. The molecule has 1 aliphatic heterocycles. The van der Waals surface area contributed by atoms with Gasteiger partial charge in [0.2, 0.25) is 4.58 Å². The van der Waals surface area contributed by atoms with Crippen molar-refractivity contribution in [1.82, 2.24) is 0 Å². The predicted octanol–water partition coefficient (Wildman–Crippen LogP) is -0.557. The highest BCUT2D eigenvalue weighted by Crippen LogP contribution is 2.17. The van der Waals surface area contributed by atoms with Crippen LogP contribution in [0.15, 0.2) is 0 Å². The van der Waals surface area contributed by atoms with Crippen LogP contribution in [-0.4, -0.2) is 41.3 Å². The molecular formula is C7H12O5S2. The molecule has 0 spiro atoms. The molecular weight excluding hydrogens is 228 g/mol. The smallest absolute Gasteiger partial charge is 0.337 e. The number of carbonyl (C=O) groups excluding carboxylic acids is 1. The lowest BCUT2D eigenvalue weighted by Crippen LogP contribution is -2.42. The Balaban J connectivity index is 2.91. The lowest BCUT2D eigenvalue weighted by molar-refractivity contribution is -0.140. The zero-order chi connectivity index (χ0) is 10.8. The minimum absolute atomic E-state index is 0.0811. The first-order valence-electron chi connectivity index (χ1n) is 4.24. The predicted molar refractivity (Wildman–Crippen MR) is 51.8 cm³/mol. The van der Waals surface area contributed by atoms with E-state index in [0.29, 0.717) is 6.42 Å². The van der Waals surface area contributed by atoms with Crippen molar-refractivity contribution in [1.29, 1.82) is 0 Å². The summed E-state index contributed by atoms with van der Waals surface area (Å²) in [5.41, 5.74) is 0. The molecule has 0 radical (unpaired) electrons. The van der Waals surface area contributed by atoms with Gasteiger partial charge in [-0.15, -0.1) is 0 Å². The molecule has 7 heteroatoms. The Bertz CT molecular complexity index is 345. The van der Waals surface area contributed by atoms with Crippen LogP contribution in [0.25, 0.3) is 0 Å². The topological polar surface area (TPSA) is 77.5 Å². The van der Waals surface area contributed by atoms with Crippen LogP contribution in [-0.2, 0) is 30.2 Å². The van der Waals surface area contributed by atoms with E-state index in [-0.39, 0.29) is 18.1 Å². The van der Waals surface area contributed by atoms with E-state index in [2.05, 4.69) is 4.74 Å². The van der Waals surface area contributed by atoms with E-state index in [1.807, 2.05) is 0 Å². The van der Waals surface area contributed by atoms with Gasteiger partial charge in [0.25, 0.3) is 0 Å². The summed E-state index contributed by atoms with van der Waals surface area (Å²) >= 11 is 0. The number of rotatable bonds is 2. The van der Waals surface area contributed by atoms with Gasteiger partial charge in [0.1, 0.15) is 0 Å². The van der Waals surface area contributed by atoms with E-state index in [4.69, 9.17) is 0 Å². The van der Waals surface area contributed by atoms with Gasteiger partial charge < -0.3 is 4.74 Å². The number of ether oxygens (including phenoxy) is 1. The Morgan fingerprint density at radius 2 is 2.21 bits per heavy atom. The molecule has 0 aromatic heterocycles. The Kier molecular flexibility index (Phi) is 3.65. The number of hydrogen-bond acceptors (Lipinski definition) is 5. The van der Waals surface area contributed by atoms with Crippen molar-refractivity contribution < 1.29 is 22.2 Å². The molecule has 1 aliphatic rings. The molecule has 14 heavy (non-hydrogen) atoms. The molecule has 1 rings (SSSR count). The highest BCUT2D eigenvalue weighted by atomic mass is 32.3. The zero-order valence-corrected chi connectivity index (χ0v) is 9.40. The Morgan fingerprint density at radius 3 is 2.71 bits per heavy atom. The van der Waals surface area contributed by atoms with Gasteiger partial charge in [-0.2, -0.15) is 0 Å². The Morgan fingerprint density at radius 1 is 1.57 bits per heavy atom. The quantitative estimate of drug-likeness (QED) is 0.605. The molecule has 0 amide bonds. The number of esters is 1. The normalized spacial score (nSPS) is 30.9. The lowest BCUT2D eigenvalue weighted by Gasteiger charge is -2.19. The maximum absolute atomic E-state index is 11.4. The summed E-state index contributed by atoms with van der Waals surface area (Å²) in [6.45, 7) is 1.68. The summed E-state index contributed by atoms with van der Waals surface area (Å²) in [5.74, 6) is -0.712. The van der Waals surface area contributed by atoms with Crippen LogP contribution in [0.3, 0.4) is 0 Å². The molecule has 1 heterocycles. The van der Waals surface area contributed by atoms with E-state index in [1.54, 1.807) is 6.92 Å². The van der Waals surface area contributed by atoms with Crippen LogP contribution in [0, 0.1) is 0 Å². The van der Waals surface area contributed by atoms with Crippen LogP contribution >= 0.6 is 0 Å². The summed E-state index contributed by atoms with van der Waals surface area (Å²) in [5, 5.41) is 0. The molecule has 0 aliphatic carbocycles. The third-order valence-electron chi connectivity index (χ3n) is 1.82. The van der Waals surface area contributed by atoms with E-state index >= 15 is 0 Å². The van der Waals surface area contributed by atoms with Crippen molar-refractivity contribution in [2.45, 2.75) is 17.9 Å². The lowest BCUT2D eigenvalue weighted by atomic mass is 10.6. The highest BCUT2D eigenvalue weighted by molar-refractivity contribution is 8.08. The molecule has 1 fully saturated rings. The van der Waals surface area contributed by atoms with Crippen molar-refractivity contribution in [3.63, 3.8) is 0 Å². The van der Waals surface area contributed by atoms with Crippen molar-refractivity contribution >= 4 is 26.6 Å². The van der Waals surface area contributed by atoms with E-state index in [9.17, 15) is 17.4 Å². The second-order valence-electron chi connectivity index (χ2n) is 2.89. The van der Waals surface area contributed by atoms with E-state index in [1.165, 1.54) is 0 Å². The van der Waals surface area contributed by atoms with Crippen molar-refractivity contribution in [3.8, 4) is 0 Å². The van der Waals surface area contributed by atoms with Gasteiger partial charge in [-0.1, -0.05) is 0 Å². The first-order chi connectivity index (χ1) is 6.49. The monoisotopic (exact) mass is 240 g/mol. The van der Waals surface area contributed by atoms with Gasteiger partial charge in [0.15, 0.2) is 9.84 Å². The fraction of sp³-hybridized carbons (Fsp3) is 0.857. The third kappa shape index (κ3) is 2.33. The van der Waals surface area contributed by atoms with Crippen molar-refractivity contribution in [2.24, 2.45) is 0 Å². The molecule has 0 N–H and O–H groups in total. The van der Waals surface area contributed by atoms with E-state index < -0.39 is 31.2 Å². The minimum atomic E-state index is -3.57. The van der Waals surface area contributed by atoms with Crippen molar-refractivity contribution in [2.75, 3.05) is 18.1 Å². The average Bonchev–Trinajstić information content (AvgIpc) is 2.02. The molecule has 5 nitrogen and oxygen atoms in total.